The van der Waals surface area contributed by atoms with E-state index >= 15 is 0 Å². The number of carbonyl (C=O) groups is 2. The molecule has 0 radical (unpaired) electrons. The minimum absolute atomic E-state index is 0.169. The maximum Gasteiger partial charge on any atom is 0.256 e. The number of carbonyl (C=O) groups excluding carboxylic acids is 2. The maximum atomic E-state index is 13.7. The van der Waals surface area contributed by atoms with Gasteiger partial charge < -0.3 is 20.0 Å². The van der Waals surface area contributed by atoms with Crippen LogP contribution in [0.25, 0.3) is 23.0 Å². The van der Waals surface area contributed by atoms with E-state index in [4.69, 9.17) is 16.0 Å². The van der Waals surface area contributed by atoms with Crippen molar-refractivity contribution in [2.45, 2.75) is 25.3 Å². The standard InChI is InChI=1S/C27H25ClFN3O3/c1-32-11-3-2-4-18(32)15-30-26(33)16-5-8-23(28)22(12-16)25-10-7-19(35-25)14-21-20-13-17(29)6-9-24(20)31-27(21)34/h5-10,12-14,18H,2-4,11,15H2,1H3,(H,30,33)(H,31,34). The number of nitrogens with one attached hydrogen (secondary N) is 2. The molecule has 2 N–H and O–H groups in total. The lowest BCUT2D eigenvalue weighted by atomic mass is 10.0. The minimum atomic E-state index is -0.428. The Balaban J connectivity index is 1.35. The van der Waals surface area contributed by atoms with Crippen LogP contribution in [0.15, 0.2) is 52.9 Å². The summed E-state index contributed by atoms with van der Waals surface area (Å²) in [6, 6.07) is 13.0. The van der Waals surface area contributed by atoms with E-state index in [0.717, 1.165) is 13.0 Å². The quantitative estimate of drug-likeness (QED) is 0.464. The summed E-state index contributed by atoms with van der Waals surface area (Å²) in [6.07, 6.45) is 5.00. The van der Waals surface area contributed by atoms with Gasteiger partial charge in [-0.3, -0.25) is 9.59 Å². The average Bonchev–Trinajstić information content (AvgIpc) is 3.43. The molecule has 1 saturated heterocycles. The zero-order valence-electron chi connectivity index (χ0n) is 19.2. The molecule has 0 saturated carbocycles. The fourth-order valence-corrected chi connectivity index (χ4v) is 4.80. The summed E-state index contributed by atoms with van der Waals surface area (Å²) in [6.45, 7) is 1.64. The number of furan rings is 1. The first-order valence-corrected chi connectivity index (χ1v) is 12.0. The van der Waals surface area contributed by atoms with Gasteiger partial charge in [-0.2, -0.15) is 0 Å². The van der Waals surface area contributed by atoms with Crippen molar-refractivity contribution in [1.29, 1.82) is 0 Å². The van der Waals surface area contributed by atoms with E-state index in [-0.39, 0.29) is 11.8 Å². The molecule has 0 aliphatic carbocycles. The summed E-state index contributed by atoms with van der Waals surface area (Å²) < 4.78 is 19.7. The van der Waals surface area contributed by atoms with Crippen LogP contribution in [0.1, 0.15) is 40.9 Å². The lowest BCUT2D eigenvalue weighted by molar-refractivity contribution is -0.110. The first-order chi connectivity index (χ1) is 16.9. The third-order valence-electron chi connectivity index (χ3n) is 6.59. The van der Waals surface area contributed by atoms with Gasteiger partial charge in [0.05, 0.1) is 10.6 Å². The molecular weight excluding hydrogens is 469 g/mol. The van der Waals surface area contributed by atoms with Crippen molar-refractivity contribution in [2.75, 3.05) is 25.5 Å². The van der Waals surface area contributed by atoms with Crippen molar-refractivity contribution in [2.24, 2.45) is 0 Å². The van der Waals surface area contributed by atoms with Crippen molar-refractivity contribution < 1.29 is 18.4 Å². The normalized spacial score (nSPS) is 19.0. The number of anilines is 1. The smallest absolute Gasteiger partial charge is 0.256 e. The highest BCUT2D eigenvalue weighted by Crippen LogP contribution is 2.35. The summed E-state index contributed by atoms with van der Waals surface area (Å²) in [7, 11) is 2.09. The van der Waals surface area contributed by atoms with Gasteiger partial charge in [-0.15, -0.1) is 0 Å². The second-order valence-electron chi connectivity index (χ2n) is 8.94. The molecule has 1 aromatic heterocycles. The molecule has 3 aromatic rings. The molecule has 0 bridgehead atoms. The Morgan fingerprint density at radius 2 is 2.06 bits per heavy atom. The van der Waals surface area contributed by atoms with Crippen LogP contribution in [0.2, 0.25) is 5.02 Å². The Hall–Kier alpha value is -3.42. The molecule has 6 nitrogen and oxygen atoms in total. The molecule has 1 fully saturated rings. The molecular formula is C27H25ClFN3O3. The lowest BCUT2D eigenvalue weighted by Crippen LogP contribution is -2.44. The molecule has 1 atom stereocenters. The average molecular weight is 494 g/mol. The fourth-order valence-electron chi connectivity index (χ4n) is 4.59. The van der Waals surface area contributed by atoms with E-state index in [9.17, 15) is 14.0 Å². The minimum Gasteiger partial charge on any atom is -0.457 e. The van der Waals surface area contributed by atoms with Gasteiger partial charge in [0.1, 0.15) is 17.3 Å². The predicted octanol–water partition coefficient (Wildman–Crippen LogP) is 5.45. The number of likely N-dealkylation sites (N-methyl/N-ethyl adjacent to an activating group) is 1. The third-order valence-corrected chi connectivity index (χ3v) is 6.92. The third kappa shape index (κ3) is 4.88. The summed E-state index contributed by atoms with van der Waals surface area (Å²) in [5, 5.41) is 6.19. The summed E-state index contributed by atoms with van der Waals surface area (Å²) in [5.41, 5.74) is 2.40. The molecule has 5 rings (SSSR count). The van der Waals surface area contributed by atoms with E-state index < -0.39 is 5.82 Å². The number of piperidine rings is 1. The summed E-state index contributed by atoms with van der Waals surface area (Å²) >= 11 is 6.42. The van der Waals surface area contributed by atoms with Crippen LogP contribution >= 0.6 is 11.6 Å². The van der Waals surface area contributed by atoms with Gasteiger partial charge in [-0.25, -0.2) is 4.39 Å². The molecule has 35 heavy (non-hydrogen) atoms. The second kappa shape index (κ2) is 9.68. The molecule has 2 aliphatic heterocycles. The molecule has 8 heteroatoms. The number of halogens is 2. The van der Waals surface area contributed by atoms with Gasteiger partial charge in [0.15, 0.2) is 0 Å². The second-order valence-corrected chi connectivity index (χ2v) is 9.35. The fraction of sp³-hybridized carbons (Fsp3) is 0.259. The number of benzene rings is 2. The molecule has 2 amide bonds. The van der Waals surface area contributed by atoms with Crippen molar-refractivity contribution in [3.05, 3.63) is 76.3 Å². The molecule has 3 heterocycles. The Kier molecular flexibility index (Phi) is 6.45. The molecule has 180 valence electrons. The zero-order valence-corrected chi connectivity index (χ0v) is 20.0. The van der Waals surface area contributed by atoms with E-state index in [1.54, 1.807) is 36.4 Å². The SMILES string of the molecule is CN1CCCCC1CNC(=O)c1ccc(Cl)c(-c2ccc(C=C3C(=O)Nc4ccc(F)cc43)o2)c1. The van der Waals surface area contributed by atoms with E-state index in [1.165, 1.54) is 31.0 Å². The van der Waals surface area contributed by atoms with Gasteiger partial charge in [0, 0.05) is 35.0 Å². The highest BCUT2D eigenvalue weighted by molar-refractivity contribution is 6.35. The molecule has 2 aromatic carbocycles. The summed E-state index contributed by atoms with van der Waals surface area (Å²) in [5.74, 6) is -0.0564. The van der Waals surface area contributed by atoms with Crippen molar-refractivity contribution >= 4 is 40.8 Å². The highest BCUT2D eigenvalue weighted by atomic mass is 35.5. The number of likely N-dealkylation sites (tertiary alicyclic amines) is 1. The molecule has 0 spiro atoms. The largest absolute Gasteiger partial charge is 0.457 e. The first-order valence-electron chi connectivity index (χ1n) is 11.6. The molecule has 2 aliphatic rings. The lowest BCUT2D eigenvalue weighted by Gasteiger charge is -2.32. The number of hydrogen-bond acceptors (Lipinski definition) is 4. The van der Waals surface area contributed by atoms with Crippen LogP contribution in [-0.4, -0.2) is 42.9 Å². The predicted molar refractivity (Wildman–Crippen MR) is 135 cm³/mol. The van der Waals surface area contributed by atoms with Gasteiger partial charge >= 0.3 is 0 Å². The monoisotopic (exact) mass is 493 g/mol. The van der Waals surface area contributed by atoms with Gasteiger partial charge in [-0.1, -0.05) is 18.0 Å². The first kappa shape index (κ1) is 23.3. The number of nitrogens with zero attached hydrogens (tertiary/aromatic N) is 1. The van der Waals surface area contributed by atoms with Crippen LogP contribution in [0, 0.1) is 5.82 Å². The van der Waals surface area contributed by atoms with Crippen LogP contribution in [0.5, 0.6) is 0 Å². The zero-order chi connectivity index (χ0) is 24.5. The number of hydrogen-bond donors (Lipinski definition) is 2. The van der Waals surface area contributed by atoms with Crippen LogP contribution in [0.3, 0.4) is 0 Å². The van der Waals surface area contributed by atoms with Crippen molar-refractivity contribution in [1.82, 2.24) is 10.2 Å². The van der Waals surface area contributed by atoms with Crippen molar-refractivity contribution in [3.8, 4) is 11.3 Å². The number of rotatable bonds is 5. The topological polar surface area (TPSA) is 74.6 Å². The van der Waals surface area contributed by atoms with Gasteiger partial charge in [-0.05, 0) is 81.0 Å². The highest BCUT2D eigenvalue weighted by Gasteiger charge is 2.25. The Labute approximate surface area is 207 Å². The van der Waals surface area contributed by atoms with Gasteiger partial charge in [0.2, 0.25) is 0 Å². The van der Waals surface area contributed by atoms with E-state index in [0.29, 0.717) is 57.1 Å². The Morgan fingerprint density at radius 3 is 2.89 bits per heavy atom. The van der Waals surface area contributed by atoms with Crippen LogP contribution in [0.4, 0.5) is 10.1 Å². The van der Waals surface area contributed by atoms with E-state index in [2.05, 4.69) is 22.6 Å². The van der Waals surface area contributed by atoms with Crippen molar-refractivity contribution in [3.63, 3.8) is 0 Å². The Bertz CT molecular complexity index is 1330. The molecule has 1 unspecified atom stereocenters. The van der Waals surface area contributed by atoms with Crippen LogP contribution in [-0.2, 0) is 4.79 Å². The Morgan fingerprint density at radius 1 is 1.20 bits per heavy atom. The number of fused-ring (bicyclic) bond motifs is 1. The van der Waals surface area contributed by atoms with Crippen LogP contribution < -0.4 is 10.6 Å². The summed E-state index contributed by atoms with van der Waals surface area (Å²) in [4.78, 5) is 27.5. The van der Waals surface area contributed by atoms with E-state index in [1.807, 2.05) is 0 Å². The van der Waals surface area contributed by atoms with Gasteiger partial charge in [0.25, 0.3) is 11.8 Å². The number of amides is 2. The maximum absolute atomic E-state index is 13.7.